The number of nitrogens with one attached hydrogen (secondary N) is 8. The molecule has 1 aliphatic heterocycles. The van der Waals surface area contributed by atoms with E-state index in [1.165, 1.54) is 50.7 Å². The summed E-state index contributed by atoms with van der Waals surface area (Å²) in [7, 11) is -3.44. The highest BCUT2D eigenvalue weighted by Gasteiger charge is 2.43. The van der Waals surface area contributed by atoms with Crippen LogP contribution in [0.25, 0.3) is 0 Å². The Morgan fingerprint density at radius 2 is 1.60 bits per heavy atom. The Bertz CT molecular complexity index is 2020. The van der Waals surface area contributed by atoms with Gasteiger partial charge in [-0.3, -0.25) is 38.1 Å². The Morgan fingerprint density at radius 1 is 0.929 bits per heavy atom. The Kier molecular flexibility index (Phi) is 28.6. The normalized spacial score (nSPS) is 22.1. The lowest BCUT2D eigenvalue weighted by atomic mass is 9.83. The predicted molar refractivity (Wildman–Crippen MR) is 256 cm³/mol. The van der Waals surface area contributed by atoms with Crippen molar-refractivity contribution in [3.63, 3.8) is 0 Å². The molecule has 70 heavy (non-hydrogen) atoms. The number of esters is 2. The van der Waals surface area contributed by atoms with E-state index in [-0.39, 0.29) is 37.9 Å². The van der Waals surface area contributed by atoms with Gasteiger partial charge in [-0.1, -0.05) is 83.8 Å². The molecule has 0 saturated heterocycles. The predicted octanol–water partition coefficient (Wildman–Crippen LogP) is 1.10. The van der Waals surface area contributed by atoms with Crippen molar-refractivity contribution in [1.82, 2.24) is 41.9 Å². The Labute approximate surface area is 409 Å². The molecule has 0 bridgehead atoms. The van der Waals surface area contributed by atoms with Gasteiger partial charge < -0.3 is 57.2 Å². The Morgan fingerprint density at radius 3 is 2.23 bits per heavy atom. The van der Waals surface area contributed by atoms with E-state index in [1.54, 1.807) is 32.9 Å². The summed E-state index contributed by atoms with van der Waals surface area (Å²) in [6.45, 7) is 7.78. The number of primary amides is 1. The first-order chi connectivity index (χ1) is 32.9. The van der Waals surface area contributed by atoms with Crippen LogP contribution in [0.15, 0.2) is 48.2 Å². The number of hydrogen-bond donors (Lipinski definition) is 10. The van der Waals surface area contributed by atoms with Crippen LogP contribution < -0.4 is 47.7 Å². The summed E-state index contributed by atoms with van der Waals surface area (Å²) < 4.78 is 49.5. The third kappa shape index (κ3) is 25.9. The number of ether oxygens (including phenoxy) is 3. The van der Waals surface area contributed by atoms with E-state index in [2.05, 4.69) is 44.1 Å². The highest BCUT2D eigenvalue weighted by atomic mass is 32.2. The number of nitrogens with two attached hydrogens (primary N) is 1. The van der Waals surface area contributed by atoms with E-state index >= 15 is 0 Å². The molecule has 1 heterocycles. The smallest absolute Gasteiger partial charge is 0.361 e. The van der Waals surface area contributed by atoms with Crippen LogP contribution in [-0.4, -0.2) is 130 Å². The number of carbonyl (C=O) groups excluding carboxylic acids is 9. The molecule has 9 amide bonds. The second-order valence-corrected chi connectivity index (χ2v) is 18.2. The minimum atomic E-state index is -4.88. The second-order valence-electron chi connectivity index (χ2n) is 17.0. The quantitative estimate of drug-likeness (QED) is 0.0268. The number of hydrogen-bond acceptors (Lipinski definition) is 14. The largest absolute Gasteiger partial charge is 0.460 e. The molecule has 0 aromatic rings. The first-order valence-corrected chi connectivity index (χ1v) is 24.6. The molecule has 0 spiro atoms. The lowest BCUT2D eigenvalue weighted by molar-refractivity contribution is -0.175. The van der Waals surface area contributed by atoms with Crippen LogP contribution in [0.1, 0.15) is 106 Å². The number of urea groups is 2. The molecule has 11 N–H and O–H groups in total. The fraction of sp³-hybridized carbons (Fsp3) is 0.622. The standard InChI is InChI=1S/C45H73N9O15S/c1-8-10-11-12-13-14-15-16-17-20-30(67-7)25-35-45(5,6)42(61)68-34(29(3)4)22-23-36(55)51-31(19-9-2)41(60)53-32(21-18-24-47-44(63)54-70(64,65)66)39(58)48-27-37(56)52-33(26-50-43(46)62)40(59)49-28-38(57)69-35/h15-17,19-20,22-23,29-30,32-35H,8-14,18,21,24-28H2,1-7H3,(H,48,58)(H,49,59)(H,51,55)(H,52,56)(H,53,60)(H3,46,50,62)(H2,47,54,63)(H,64,65,66)/b16-15+,20-17+,23-22+,31-19+/t30-,32+,33?,34-,35?/m0/s1. The van der Waals surface area contributed by atoms with Gasteiger partial charge in [0, 0.05) is 32.7 Å². The van der Waals surface area contributed by atoms with Gasteiger partial charge in [0.05, 0.1) is 18.1 Å². The van der Waals surface area contributed by atoms with E-state index in [1.807, 2.05) is 12.2 Å². The number of rotatable bonds is 20. The molecular weight excluding hydrogens is 939 g/mol. The second kappa shape index (κ2) is 32.5. The molecule has 1 rings (SSSR count). The maximum atomic E-state index is 14.1. The molecule has 5 atom stereocenters. The van der Waals surface area contributed by atoms with Gasteiger partial charge >= 0.3 is 34.3 Å². The summed E-state index contributed by atoms with van der Waals surface area (Å²) >= 11 is 0. The number of cyclic esters (lactones) is 2. The van der Waals surface area contributed by atoms with Crippen LogP contribution in [0.2, 0.25) is 0 Å². The van der Waals surface area contributed by atoms with Crippen LogP contribution in [0, 0.1) is 11.3 Å². The molecule has 0 aromatic carbocycles. The summed E-state index contributed by atoms with van der Waals surface area (Å²) in [5, 5.41) is 16.1. The number of allylic oxidation sites excluding steroid dienone is 4. The summed E-state index contributed by atoms with van der Waals surface area (Å²) in [4.78, 5) is 118. The van der Waals surface area contributed by atoms with Crippen molar-refractivity contribution in [3.05, 3.63) is 48.2 Å². The van der Waals surface area contributed by atoms with Crippen LogP contribution in [0.4, 0.5) is 9.59 Å². The van der Waals surface area contributed by atoms with Crippen LogP contribution >= 0.6 is 0 Å². The zero-order chi connectivity index (χ0) is 52.9. The molecular formula is C45H73N9O15S. The van der Waals surface area contributed by atoms with Crippen LogP contribution in [0.3, 0.4) is 0 Å². The van der Waals surface area contributed by atoms with Gasteiger partial charge in [0.2, 0.25) is 23.6 Å². The summed E-state index contributed by atoms with van der Waals surface area (Å²) in [5.74, 6) is -6.99. The third-order valence-electron chi connectivity index (χ3n) is 10.4. The molecule has 0 radical (unpaired) electrons. The lowest BCUT2D eigenvalue weighted by Gasteiger charge is -2.34. The van der Waals surface area contributed by atoms with Crippen LogP contribution in [-0.2, 0) is 58.1 Å². The molecule has 0 saturated carbocycles. The lowest BCUT2D eigenvalue weighted by Crippen LogP contribution is -2.56. The highest BCUT2D eigenvalue weighted by Crippen LogP contribution is 2.31. The third-order valence-corrected chi connectivity index (χ3v) is 10.9. The van der Waals surface area contributed by atoms with Crippen molar-refractivity contribution in [2.75, 3.05) is 33.3 Å². The van der Waals surface area contributed by atoms with Gasteiger partial charge in [0.25, 0.3) is 5.91 Å². The topological polar surface area (TPSA) is 358 Å². The van der Waals surface area contributed by atoms with Gasteiger partial charge in [-0.05, 0) is 57.9 Å². The van der Waals surface area contributed by atoms with E-state index in [9.17, 15) is 51.6 Å². The van der Waals surface area contributed by atoms with Crippen molar-refractivity contribution in [1.29, 1.82) is 0 Å². The van der Waals surface area contributed by atoms with E-state index in [0.717, 1.165) is 31.8 Å². The molecule has 25 heteroatoms. The fourth-order valence-electron chi connectivity index (χ4n) is 6.35. The zero-order valence-electron chi connectivity index (χ0n) is 41.1. The van der Waals surface area contributed by atoms with Gasteiger partial charge in [0.15, 0.2) is 0 Å². The first-order valence-electron chi connectivity index (χ1n) is 23.1. The zero-order valence-corrected chi connectivity index (χ0v) is 41.9. The number of methoxy groups -OCH3 is 1. The average molecular weight is 1010 g/mol. The minimum absolute atomic E-state index is 0.0578. The Balaban J connectivity index is 3.65. The fourth-order valence-corrected chi connectivity index (χ4v) is 6.65. The molecule has 0 aliphatic carbocycles. The van der Waals surface area contributed by atoms with Crippen molar-refractivity contribution < 1.29 is 70.3 Å². The van der Waals surface area contributed by atoms with Gasteiger partial charge in [-0.25, -0.2) is 14.3 Å². The van der Waals surface area contributed by atoms with E-state index in [4.69, 9.17) is 24.5 Å². The van der Waals surface area contributed by atoms with Crippen LogP contribution in [0.5, 0.6) is 0 Å². The molecule has 0 aromatic heterocycles. The molecule has 394 valence electrons. The summed E-state index contributed by atoms with van der Waals surface area (Å²) in [5.41, 5.74) is 3.32. The van der Waals surface area contributed by atoms with Crippen molar-refractivity contribution in [2.45, 2.75) is 136 Å². The summed E-state index contributed by atoms with van der Waals surface area (Å²) in [6.07, 6.45) is 14.5. The highest BCUT2D eigenvalue weighted by molar-refractivity contribution is 7.84. The molecule has 1 aliphatic rings. The maximum Gasteiger partial charge on any atom is 0.361 e. The van der Waals surface area contributed by atoms with E-state index in [0.29, 0.717) is 0 Å². The van der Waals surface area contributed by atoms with Gasteiger partial charge in [-0.2, -0.15) is 8.42 Å². The first kappa shape index (κ1) is 61.7. The Hall–Kier alpha value is -6.34. The SMILES string of the molecule is CC/C=C1/NC(=O)/C=C/[C@@H](C(C)C)OC(=O)C(C)(C)C(C[C@H](/C=C/C=C/CCCCCCC)OC)OC(=O)CNC(=O)C(CNC(N)=O)NC(=O)CNC(=O)[C@@H](CCCNC(=O)NS(=O)(=O)O)NC1=O. The molecule has 24 nitrogen and oxygen atoms in total. The monoisotopic (exact) mass is 1010 g/mol. The van der Waals surface area contributed by atoms with Crippen molar-refractivity contribution >= 4 is 63.8 Å². The molecule has 2 unspecified atom stereocenters. The van der Waals surface area contributed by atoms with Gasteiger partial charge in [0.1, 0.15) is 36.5 Å². The maximum absolute atomic E-state index is 14.1. The number of carbonyl (C=O) groups is 9. The van der Waals surface area contributed by atoms with Crippen molar-refractivity contribution in [2.24, 2.45) is 17.1 Å². The van der Waals surface area contributed by atoms with Gasteiger partial charge in [-0.15, -0.1) is 0 Å². The molecule has 0 fully saturated rings. The number of amides is 9. The number of unbranched alkanes of at least 4 members (excludes halogenated alkanes) is 5. The average Bonchev–Trinajstić information content (AvgIpc) is 3.28. The van der Waals surface area contributed by atoms with E-state index < -0.39 is 125 Å². The summed E-state index contributed by atoms with van der Waals surface area (Å²) in [6, 6.07) is -5.40. The minimum Gasteiger partial charge on any atom is -0.460 e. The van der Waals surface area contributed by atoms with Crippen molar-refractivity contribution in [3.8, 4) is 0 Å².